The van der Waals surface area contributed by atoms with E-state index >= 15 is 0 Å². The van der Waals surface area contributed by atoms with Crippen LogP contribution in [0, 0.1) is 0 Å². The fraction of sp³-hybridized carbons (Fsp3) is 0.478. The van der Waals surface area contributed by atoms with Gasteiger partial charge in [0.2, 0.25) is 0 Å². The number of benzene rings is 1. The fourth-order valence-corrected chi connectivity index (χ4v) is 3.43. The molecule has 0 saturated heterocycles. The number of nitrogen functional groups attached to an aromatic ring is 1. The molecule has 0 spiro atoms. The summed E-state index contributed by atoms with van der Waals surface area (Å²) in [4.78, 5) is 36.9. The standard InChI is InChI=1S/C23H32N6O6/c1-28(9-4-10-34-15-18(30)33-3)13-16-5-7-17(8-6-16)14-29-21-19(25-23(29)31)20(24)26-22(27-21)35-12-11-32-2/h5-8H,4,9-15H2,1-3H3,(H,25,31)(H2,24,26,27). The monoisotopic (exact) mass is 488 g/mol. The van der Waals surface area contributed by atoms with Crippen molar-refractivity contribution in [2.75, 3.05) is 60.0 Å². The van der Waals surface area contributed by atoms with Crippen LogP contribution in [-0.4, -0.2) is 84.6 Å². The molecule has 2 heterocycles. The van der Waals surface area contributed by atoms with Crippen molar-refractivity contribution in [3.63, 3.8) is 0 Å². The Morgan fingerprint density at radius 1 is 1.11 bits per heavy atom. The highest BCUT2D eigenvalue weighted by molar-refractivity contribution is 5.81. The number of aromatic amines is 1. The molecule has 35 heavy (non-hydrogen) atoms. The van der Waals surface area contributed by atoms with Gasteiger partial charge in [-0.25, -0.2) is 9.59 Å². The van der Waals surface area contributed by atoms with E-state index in [0.717, 1.165) is 30.6 Å². The van der Waals surface area contributed by atoms with Gasteiger partial charge in [0.05, 0.1) is 20.3 Å². The number of aromatic nitrogens is 4. The maximum absolute atomic E-state index is 12.6. The van der Waals surface area contributed by atoms with Gasteiger partial charge in [-0.15, -0.1) is 0 Å². The van der Waals surface area contributed by atoms with Crippen LogP contribution in [-0.2, 0) is 32.1 Å². The zero-order valence-electron chi connectivity index (χ0n) is 20.3. The predicted molar refractivity (Wildman–Crippen MR) is 129 cm³/mol. The molecule has 0 unspecified atom stereocenters. The molecule has 0 saturated carbocycles. The molecule has 0 radical (unpaired) electrons. The minimum absolute atomic E-state index is 0.0258. The molecule has 0 aliphatic rings. The van der Waals surface area contributed by atoms with Crippen LogP contribution in [0.3, 0.4) is 0 Å². The molecule has 1 aromatic carbocycles. The van der Waals surface area contributed by atoms with E-state index in [2.05, 4.69) is 24.6 Å². The number of esters is 1. The van der Waals surface area contributed by atoms with Crippen LogP contribution < -0.4 is 16.2 Å². The lowest BCUT2D eigenvalue weighted by atomic mass is 10.1. The highest BCUT2D eigenvalue weighted by Gasteiger charge is 2.15. The molecule has 2 aromatic heterocycles. The highest BCUT2D eigenvalue weighted by atomic mass is 16.6. The van der Waals surface area contributed by atoms with Crippen LogP contribution in [0.2, 0.25) is 0 Å². The molecule has 0 fully saturated rings. The molecule has 12 nitrogen and oxygen atoms in total. The Morgan fingerprint density at radius 2 is 1.86 bits per heavy atom. The molecule has 3 rings (SSSR count). The highest BCUT2D eigenvalue weighted by Crippen LogP contribution is 2.19. The zero-order chi connectivity index (χ0) is 25.2. The van der Waals surface area contributed by atoms with Crippen molar-refractivity contribution in [3.05, 3.63) is 45.9 Å². The molecular weight excluding hydrogens is 456 g/mol. The minimum Gasteiger partial charge on any atom is -0.467 e. The average Bonchev–Trinajstić information content (AvgIpc) is 3.15. The third-order valence-corrected chi connectivity index (χ3v) is 5.24. The Morgan fingerprint density at radius 3 is 2.57 bits per heavy atom. The number of hydrogen-bond acceptors (Lipinski definition) is 10. The van der Waals surface area contributed by atoms with E-state index in [-0.39, 0.29) is 36.7 Å². The van der Waals surface area contributed by atoms with Crippen molar-refractivity contribution in [1.29, 1.82) is 0 Å². The first-order valence-electron chi connectivity index (χ1n) is 11.2. The molecule has 3 aromatic rings. The van der Waals surface area contributed by atoms with Crippen molar-refractivity contribution >= 4 is 23.0 Å². The Balaban J connectivity index is 1.59. The Bertz CT molecular complexity index is 1160. The van der Waals surface area contributed by atoms with Gasteiger partial charge >= 0.3 is 17.7 Å². The van der Waals surface area contributed by atoms with E-state index in [1.807, 2.05) is 31.3 Å². The van der Waals surface area contributed by atoms with Crippen molar-refractivity contribution in [2.24, 2.45) is 0 Å². The fourth-order valence-electron chi connectivity index (χ4n) is 3.43. The number of carbonyl (C=O) groups is 1. The van der Waals surface area contributed by atoms with Crippen LogP contribution >= 0.6 is 0 Å². The number of methoxy groups -OCH3 is 2. The molecule has 190 valence electrons. The number of ether oxygens (including phenoxy) is 4. The summed E-state index contributed by atoms with van der Waals surface area (Å²) in [6.45, 7) is 3.02. The lowest BCUT2D eigenvalue weighted by molar-refractivity contribution is -0.145. The summed E-state index contributed by atoms with van der Waals surface area (Å²) in [6.07, 6.45) is 0.803. The van der Waals surface area contributed by atoms with Crippen molar-refractivity contribution in [3.8, 4) is 6.01 Å². The van der Waals surface area contributed by atoms with Gasteiger partial charge in [-0.3, -0.25) is 4.57 Å². The van der Waals surface area contributed by atoms with Gasteiger partial charge < -0.3 is 34.6 Å². The summed E-state index contributed by atoms with van der Waals surface area (Å²) in [5.41, 5.74) is 8.51. The number of nitrogens with zero attached hydrogens (tertiary/aromatic N) is 4. The lowest BCUT2D eigenvalue weighted by Crippen LogP contribution is -2.21. The minimum atomic E-state index is -0.375. The van der Waals surface area contributed by atoms with Crippen LogP contribution in [0.5, 0.6) is 6.01 Å². The van der Waals surface area contributed by atoms with E-state index in [9.17, 15) is 9.59 Å². The predicted octanol–water partition coefficient (Wildman–Crippen LogP) is 0.787. The van der Waals surface area contributed by atoms with Gasteiger partial charge in [-0.1, -0.05) is 24.3 Å². The normalized spacial score (nSPS) is 11.3. The molecule has 12 heteroatoms. The molecule has 0 atom stereocenters. The first-order chi connectivity index (χ1) is 16.9. The van der Waals surface area contributed by atoms with Gasteiger partial charge in [0, 0.05) is 26.8 Å². The largest absolute Gasteiger partial charge is 0.467 e. The third kappa shape index (κ3) is 7.50. The Labute approximate surface area is 203 Å². The van der Waals surface area contributed by atoms with Crippen molar-refractivity contribution in [2.45, 2.75) is 19.5 Å². The number of fused-ring (bicyclic) bond motifs is 1. The summed E-state index contributed by atoms with van der Waals surface area (Å²) in [6, 6.07) is 8.11. The van der Waals surface area contributed by atoms with Crippen LogP contribution in [0.25, 0.3) is 11.2 Å². The second-order valence-corrected chi connectivity index (χ2v) is 7.98. The van der Waals surface area contributed by atoms with Crippen LogP contribution in [0.4, 0.5) is 5.82 Å². The SMILES string of the molecule is COCCOc1nc(N)c2[nH]c(=O)n(Cc3ccc(CN(C)CCCOCC(=O)OC)cc3)c2n1. The first-order valence-corrected chi connectivity index (χ1v) is 11.2. The van der Waals surface area contributed by atoms with Gasteiger partial charge in [0.15, 0.2) is 11.5 Å². The molecule has 0 amide bonds. The molecule has 3 N–H and O–H groups in total. The molecule has 0 bridgehead atoms. The van der Waals surface area contributed by atoms with E-state index in [1.165, 1.54) is 11.7 Å². The molecular formula is C23H32N6O6. The molecule has 0 aliphatic carbocycles. The maximum Gasteiger partial charge on any atom is 0.331 e. The van der Waals surface area contributed by atoms with E-state index < -0.39 is 0 Å². The Hall–Kier alpha value is -3.48. The quantitative estimate of drug-likeness (QED) is 0.246. The van der Waals surface area contributed by atoms with E-state index in [1.54, 1.807) is 7.11 Å². The summed E-state index contributed by atoms with van der Waals surface area (Å²) in [5, 5.41) is 0. The first kappa shape index (κ1) is 26.1. The number of rotatable bonds is 14. The average molecular weight is 489 g/mol. The van der Waals surface area contributed by atoms with Crippen LogP contribution in [0.15, 0.2) is 29.1 Å². The van der Waals surface area contributed by atoms with Crippen LogP contribution in [0.1, 0.15) is 17.5 Å². The number of imidazole rings is 1. The second-order valence-electron chi connectivity index (χ2n) is 7.98. The summed E-state index contributed by atoms with van der Waals surface area (Å²) < 4.78 is 21.8. The molecule has 0 aliphatic heterocycles. The second kappa shape index (κ2) is 12.8. The van der Waals surface area contributed by atoms with Gasteiger partial charge in [-0.05, 0) is 24.6 Å². The summed E-state index contributed by atoms with van der Waals surface area (Å²) in [5.74, 6) is -0.229. The number of hydrogen-bond donors (Lipinski definition) is 2. The van der Waals surface area contributed by atoms with Gasteiger partial charge in [0.25, 0.3) is 0 Å². The number of H-pyrrole nitrogens is 1. The number of nitrogens with two attached hydrogens (primary N) is 1. The van der Waals surface area contributed by atoms with E-state index in [0.29, 0.717) is 30.9 Å². The third-order valence-electron chi connectivity index (χ3n) is 5.24. The maximum atomic E-state index is 12.6. The van der Waals surface area contributed by atoms with Crippen molar-refractivity contribution in [1.82, 2.24) is 24.4 Å². The number of nitrogens with one attached hydrogen (secondary N) is 1. The van der Waals surface area contributed by atoms with Gasteiger partial charge in [-0.2, -0.15) is 9.97 Å². The topological polar surface area (TPSA) is 147 Å². The summed E-state index contributed by atoms with van der Waals surface area (Å²) >= 11 is 0. The lowest BCUT2D eigenvalue weighted by Gasteiger charge is -2.17. The number of carbonyl (C=O) groups excluding carboxylic acids is 1. The van der Waals surface area contributed by atoms with Crippen molar-refractivity contribution < 1.29 is 23.7 Å². The zero-order valence-corrected chi connectivity index (χ0v) is 20.3. The Kier molecular flexibility index (Phi) is 9.58. The summed E-state index contributed by atoms with van der Waals surface area (Å²) in [7, 11) is 4.93. The van der Waals surface area contributed by atoms with Gasteiger partial charge in [0.1, 0.15) is 18.7 Å². The smallest absolute Gasteiger partial charge is 0.331 e. The van der Waals surface area contributed by atoms with E-state index in [4.69, 9.17) is 19.9 Å². The number of anilines is 1.